The number of nitrogens with zero attached hydrogens (tertiary/aromatic N) is 5. The summed E-state index contributed by atoms with van der Waals surface area (Å²) in [7, 11) is 0. The molecule has 0 radical (unpaired) electrons. The number of carbonyl (C=O) groups excluding carboxylic acids is 1. The molecule has 0 bridgehead atoms. The Morgan fingerprint density at radius 2 is 1.97 bits per heavy atom. The Kier molecular flexibility index (Phi) is 4.78. The van der Waals surface area contributed by atoms with Crippen LogP contribution in [-0.4, -0.2) is 30.3 Å². The fourth-order valence-corrected chi connectivity index (χ4v) is 4.01. The van der Waals surface area contributed by atoms with Gasteiger partial charge in [0.1, 0.15) is 5.56 Å². The van der Waals surface area contributed by atoms with E-state index in [2.05, 4.69) is 20.5 Å². The molecule has 0 atom stereocenters. The van der Waals surface area contributed by atoms with Crippen LogP contribution in [0.4, 0.5) is 5.69 Å². The Bertz CT molecular complexity index is 1320. The van der Waals surface area contributed by atoms with Gasteiger partial charge in [-0.25, -0.2) is 9.50 Å². The first-order valence-corrected chi connectivity index (χ1v) is 10.4. The molecule has 0 aliphatic carbocycles. The highest BCUT2D eigenvalue weighted by Crippen LogP contribution is 2.25. The van der Waals surface area contributed by atoms with Gasteiger partial charge in [-0.1, -0.05) is 29.8 Å². The van der Waals surface area contributed by atoms with E-state index in [-0.39, 0.29) is 5.91 Å². The lowest BCUT2D eigenvalue weighted by atomic mass is 10.2. The maximum Gasteiger partial charge on any atom is 0.261 e. The van der Waals surface area contributed by atoms with E-state index in [1.807, 2.05) is 47.8 Å². The molecule has 0 aliphatic rings. The molecule has 1 aromatic carbocycles. The Hall–Kier alpha value is -3.49. The fraction of sp³-hybridized carbons (Fsp3) is 0.0476. The lowest BCUT2D eigenvalue weighted by Crippen LogP contribution is -2.11. The Morgan fingerprint density at radius 3 is 2.77 bits per heavy atom. The molecule has 7 nitrogen and oxygen atoms in total. The summed E-state index contributed by atoms with van der Waals surface area (Å²) < 4.78 is 3.44. The lowest BCUT2D eigenvalue weighted by molar-refractivity contribution is 0.102. The van der Waals surface area contributed by atoms with Gasteiger partial charge in [0.25, 0.3) is 5.91 Å². The molecule has 30 heavy (non-hydrogen) atoms. The van der Waals surface area contributed by atoms with Crippen molar-refractivity contribution < 1.29 is 4.79 Å². The standard InChI is InChI=1S/C21H15ClN6OS/c22-15-5-3-14(4-6-15)12-27-13-16(10-24-27)26-21(29)17-11-25-28-18(7-8-23-20(17)28)19-2-1-9-30-19/h1-11,13H,12H2,(H,26,29). The molecule has 0 aliphatic heterocycles. The minimum atomic E-state index is -0.285. The van der Waals surface area contributed by atoms with Crippen molar-refractivity contribution >= 4 is 40.2 Å². The molecule has 4 heterocycles. The van der Waals surface area contributed by atoms with Gasteiger partial charge < -0.3 is 5.32 Å². The van der Waals surface area contributed by atoms with Crippen molar-refractivity contribution in [1.29, 1.82) is 0 Å². The molecule has 0 spiro atoms. The minimum Gasteiger partial charge on any atom is -0.319 e. The van der Waals surface area contributed by atoms with E-state index in [0.29, 0.717) is 28.5 Å². The van der Waals surface area contributed by atoms with Crippen LogP contribution in [0.25, 0.3) is 16.2 Å². The number of anilines is 1. The van der Waals surface area contributed by atoms with Crippen molar-refractivity contribution in [3.63, 3.8) is 0 Å². The minimum absolute atomic E-state index is 0.285. The van der Waals surface area contributed by atoms with Crippen molar-refractivity contribution in [3.05, 3.63) is 88.8 Å². The van der Waals surface area contributed by atoms with Gasteiger partial charge in [-0.05, 0) is 35.2 Å². The molecule has 0 fully saturated rings. The largest absolute Gasteiger partial charge is 0.319 e. The molecule has 148 valence electrons. The molecule has 4 aromatic heterocycles. The van der Waals surface area contributed by atoms with Gasteiger partial charge in [0, 0.05) is 17.4 Å². The van der Waals surface area contributed by atoms with Crippen LogP contribution in [0.1, 0.15) is 15.9 Å². The average Bonchev–Trinajstić information content (AvgIpc) is 3.50. The second-order valence-electron chi connectivity index (χ2n) is 6.61. The quantitative estimate of drug-likeness (QED) is 0.438. The monoisotopic (exact) mass is 434 g/mol. The summed E-state index contributed by atoms with van der Waals surface area (Å²) >= 11 is 7.53. The van der Waals surface area contributed by atoms with Crippen LogP contribution in [0.15, 0.2) is 72.6 Å². The molecule has 1 amide bonds. The number of aromatic nitrogens is 5. The van der Waals surface area contributed by atoms with Crippen molar-refractivity contribution in [2.24, 2.45) is 0 Å². The number of amides is 1. The number of fused-ring (bicyclic) bond motifs is 1. The van der Waals surface area contributed by atoms with E-state index in [4.69, 9.17) is 11.6 Å². The van der Waals surface area contributed by atoms with Crippen molar-refractivity contribution in [2.75, 3.05) is 5.32 Å². The number of hydrogen-bond acceptors (Lipinski definition) is 5. The molecule has 0 saturated heterocycles. The summed E-state index contributed by atoms with van der Waals surface area (Å²) in [4.78, 5) is 18.3. The average molecular weight is 435 g/mol. The summed E-state index contributed by atoms with van der Waals surface area (Å²) in [5, 5.41) is 14.2. The van der Waals surface area contributed by atoms with Crippen LogP contribution in [-0.2, 0) is 6.54 Å². The third-order valence-electron chi connectivity index (χ3n) is 4.57. The zero-order chi connectivity index (χ0) is 20.5. The predicted octanol–water partition coefficient (Wildman–Crippen LogP) is 4.61. The van der Waals surface area contributed by atoms with Crippen molar-refractivity contribution in [3.8, 4) is 10.6 Å². The molecule has 1 N–H and O–H groups in total. The molecule has 5 aromatic rings. The van der Waals surface area contributed by atoms with E-state index in [1.165, 1.54) is 6.20 Å². The first kappa shape index (κ1) is 18.5. The predicted molar refractivity (Wildman–Crippen MR) is 117 cm³/mol. The van der Waals surface area contributed by atoms with E-state index in [0.717, 1.165) is 16.1 Å². The number of nitrogens with one attached hydrogen (secondary N) is 1. The van der Waals surface area contributed by atoms with Crippen LogP contribution >= 0.6 is 22.9 Å². The van der Waals surface area contributed by atoms with Gasteiger partial charge >= 0.3 is 0 Å². The molecular formula is C21H15ClN6OS. The van der Waals surface area contributed by atoms with Gasteiger partial charge in [0.05, 0.1) is 35.2 Å². The maximum absolute atomic E-state index is 12.8. The molecular weight excluding hydrogens is 420 g/mol. The van der Waals surface area contributed by atoms with E-state index in [9.17, 15) is 4.79 Å². The first-order valence-electron chi connectivity index (χ1n) is 9.12. The normalized spacial score (nSPS) is 11.1. The summed E-state index contributed by atoms with van der Waals surface area (Å²) in [6.45, 7) is 0.579. The maximum atomic E-state index is 12.8. The van der Waals surface area contributed by atoms with Gasteiger partial charge in [0.15, 0.2) is 5.65 Å². The third kappa shape index (κ3) is 3.58. The summed E-state index contributed by atoms with van der Waals surface area (Å²) in [5.74, 6) is -0.285. The van der Waals surface area contributed by atoms with E-state index < -0.39 is 0 Å². The second kappa shape index (κ2) is 7.74. The van der Waals surface area contributed by atoms with Crippen molar-refractivity contribution in [1.82, 2.24) is 24.4 Å². The van der Waals surface area contributed by atoms with Crippen LogP contribution in [0, 0.1) is 0 Å². The Morgan fingerprint density at radius 1 is 1.10 bits per heavy atom. The highest BCUT2D eigenvalue weighted by Gasteiger charge is 2.17. The number of rotatable bonds is 5. The highest BCUT2D eigenvalue weighted by molar-refractivity contribution is 7.13. The first-order chi connectivity index (χ1) is 14.7. The van der Waals surface area contributed by atoms with Crippen molar-refractivity contribution in [2.45, 2.75) is 6.54 Å². The Balaban J connectivity index is 1.36. The summed E-state index contributed by atoms with van der Waals surface area (Å²) in [6, 6.07) is 13.4. The number of halogens is 1. The highest BCUT2D eigenvalue weighted by atomic mass is 35.5. The SMILES string of the molecule is O=C(Nc1cnn(Cc2ccc(Cl)cc2)c1)c1cnn2c(-c3cccs3)ccnc12. The van der Waals surface area contributed by atoms with Crippen LogP contribution in [0.2, 0.25) is 5.02 Å². The molecule has 0 unspecified atom stereocenters. The molecule has 9 heteroatoms. The zero-order valence-electron chi connectivity index (χ0n) is 15.6. The van der Waals surface area contributed by atoms with Gasteiger partial charge in [-0.15, -0.1) is 11.3 Å². The number of benzene rings is 1. The van der Waals surface area contributed by atoms with Crippen LogP contribution in [0.3, 0.4) is 0 Å². The van der Waals surface area contributed by atoms with E-state index in [1.54, 1.807) is 39.1 Å². The van der Waals surface area contributed by atoms with Crippen LogP contribution in [0.5, 0.6) is 0 Å². The smallest absolute Gasteiger partial charge is 0.261 e. The second-order valence-corrected chi connectivity index (χ2v) is 7.99. The summed E-state index contributed by atoms with van der Waals surface area (Å²) in [6.07, 6.45) is 6.62. The number of thiophene rings is 1. The zero-order valence-corrected chi connectivity index (χ0v) is 17.1. The van der Waals surface area contributed by atoms with Gasteiger partial charge in [-0.3, -0.25) is 9.48 Å². The number of hydrogen-bond donors (Lipinski definition) is 1. The Labute approximate surface area is 180 Å². The summed E-state index contributed by atoms with van der Waals surface area (Å²) in [5.41, 5.74) is 3.46. The topological polar surface area (TPSA) is 77.1 Å². The molecule has 0 saturated carbocycles. The van der Waals surface area contributed by atoms with E-state index >= 15 is 0 Å². The molecule has 5 rings (SSSR count). The van der Waals surface area contributed by atoms with Crippen LogP contribution < -0.4 is 5.32 Å². The van der Waals surface area contributed by atoms with Gasteiger partial charge in [-0.2, -0.15) is 10.2 Å². The fourth-order valence-electron chi connectivity index (χ4n) is 3.15. The number of carbonyl (C=O) groups is 1. The third-order valence-corrected chi connectivity index (χ3v) is 5.71. The van der Waals surface area contributed by atoms with Gasteiger partial charge in [0.2, 0.25) is 0 Å². The lowest BCUT2D eigenvalue weighted by Gasteiger charge is -2.03.